The highest BCUT2D eigenvalue weighted by Gasteiger charge is 2.18. The molecule has 8 aromatic carbocycles. The molecule has 4 heteroatoms. The molecule has 0 amide bonds. The van der Waals surface area contributed by atoms with Crippen molar-refractivity contribution in [2.75, 3.05) is 4.90 Å². The summed E-state index contributed by atoms with van der Waals surface area (Å²) in [7, 11) is 0. The van der Waals surface area contributed by atoms with E-state index in [1.807, 2.05) is 12.1 Å². The predicted octanol–water partition coefficient (Wildman–Crippen LogP) is 13.2. The third-order valence-corrected chi connectivity index (χ3v) is 10.5. The Hall–Kier alpha value is -7.04. The fourth-order valence-electron chi connectivity index (χ4n) is 8.20. The van der Waals surface area contributed by atoms with Crippen LogP contribution in [0.1, 0.15) is 0 Å². The number of hydrogen-bond donors (Lipinski definition) is 0. The summed E-state index contributed by atoms with van der Waals surface area (Å²) in [6, 6.07) is 67.3. The second-order valence-electron chi connectivity index (χ2n) is 13.4. The van der Waals surface area contributed by atoms with E-state index in [0.717, 1.165) is 50.4 Å². The van der Waals surface area contributed by atoms with E-state index in [1.165, 1.54) is 43.6 Å². The molecule has 0 unspecified atom stereocenters. The van der Waals surface area contributed by atoms with Gasteiger partial charge in [-0.1, -0.05) is 91.0 Å². The first kappa shape index (κ1) is 28.8. The lowest BCUT2D eigenvalue weighted by molar-refractivity contribution is 0.669. The zero-order valence-corrected chi connectivity index (χ0v) is 28.1. The number of anilines is 3. The van der Waals surface area contributed by atoms with Crippen molar-refractivity contribution in [1.82, 2.24) is 9.13 Å². The topological polar surface area (TPSA) is 26.2 Å². The van der Waals surface area contributed by atoms with Crippen LogP contribution in [-0.4, -0.2) is 9.13 Å². The van der Waals surface area contributed by atoms with Crippen LogP contribution in [0.3, 0.4) is 0 Å². The number of benzene rings is 8. The van der Waals surface area contributed by atoms with Crippen LogP contribution < -0.4 is 4.90 Å². The molecule has 11 aromatic rings. The summed E-state index contributed by atoms with van der Waals surface area (Å²) in [5, 5.41) is 7.24. The molecular formula is C48H31N3O. The summed E-state index contributed by atoms with van der Waals surface area (Å²) < 4.78 is 11.0. The zero-order chi connectivity index (χ0) is 34.2. The average molecular weight is 666 g/mol. The Labute approximate surface area is 299 Å². The van der Waals surface area contributed by atoms with Crippen molar-refractivity contribution in [3.8, 4) is 11.4 Å². The number of nitrogens with zero attached hydrogens (tertiary/aromatic N) is 3. The van der Waals surface area contributed by atoms with Crippen LogP contribution in [0, 0.1) is 0 Å². The summed E-state index contributed by atoms with van der Waals surface area (Å²) in [6.45, 7) is 0. The van der Waals surface area contributed by atoms with Crippen molar-refractivity contribution < 1.29 is 4.42 Å². The maximum absolute atomic E-state index is 6.23. The van der Waals surface area contributed by atoms with E-state index in [9.17, 15) is 0 Å². The first-order valence-electron chi connectivity index (χ1n) is 17.7. The first-order valence-corrected chi connectivity index (χ1v) is 17.7. The van der Waals surface area contributed by atoms with E-state index in [4.69, 9.17) is 4.42 Å². The predicted molar refractivity (Wildman–Crippen MR) is 217 cm³/mol. The highest BCUT2D eigenvalue weighted by molar-refractivity contribution is 6.10. The largest absolute Gasteiger partial charge is 0.456 e. The number of aromatic nitrogens is 2. The van der Waals surface area contributed by atoms with Gasteiger partial charge in [-0.2, -0.15) is 0 Å². The SMILES string of the molecule is c1ccc2c(c1)oc1ccc(N(c3ccc(-n4c5ccccc5c5ccccc54)cc3)c3ccc(-n4c5ccccc5c5ccccc54)cc3)cc12. The quantitative estimate of drug-likeness (QED) is 0.183. The Morgan fingerprint density at radius 2 is 0.673 bits per heavy atom. The van der Waals surface area contributed by atoms with Crippen molar-refractivity contribution >= 4 is 82.6 Å². The molecule has 11 rings (SSSR count). The van der Waals surface area contributed by atoms with E-state index in [-0.39, 0.29) is 0 Å². The van der Waals surface area contributed by atoms with E-state index in [1.54, 1.807) is 0 Å². The van der Waals surface area contributed by atoms with Gasteiger partial charge in [-0.25, -0.2) is 0 Å². The molecule has 0 bridgehead atoms. The summed E-state index contributed by atoms with van der Waals surface area (Å²) in [4.78, 5) is 2.34. The van der Waals surface area contributed by atoms with Gasteiger partial charge in [0.1, 0.15) is 11.2 Å². The number of furan rings is 1. The highest BCUT2D eigenvalue weighted by atomic mass is 16.3. The molecule has 0 saturated heterocycles. The summed E-state index contributed by atoms with van der Waals surface area (Å²) >= 11 is 0. The lowest BCUT2D eigenvalue weighted by Crippen LogP contribution is -2.10. The van der Waals surface area contributed by atoms with Gasteiger partial charge in [0, 0.05) is 60.8 Å². The summed E-state index contributed by atoms with van der Waals surface area (Å²) in [5.41, 5.74) is 12.0. The van der Waals surface area contributed by atoms with Crippen molar-refractivity contribution in [2.24, 2.45) is 0 Å². The second-order valence-corrected chi connectivity index (χ2v) is 13.4. The van der Waals surface area contributed by atoms with Crippen LogP contribution in [-0.2, 0) is 0 Å². The van der Waals surface area contributed by atoms with Gasteiger partial charge < -0.3 is 18.5 Å². The molecule has 3 heterocycles. The van der Waals surface area contributed by atoms with Crippen LogP contribution in [0.25, 0.3) is 76.9 Å². The Kier molecular flexibility index (Phi) is 6.22. The Balaban J connectivity index is 1.07. The molecule has 0 N–H and O–H groups in total. The number of hydrogen-bond acceptors (Lipinski definition) is 2. The Morgan fingerprint density at radius 1 is 0.308 bits per heavy atom. The lowest BCUT2D eigenvalue weighted by atomic mass is 10.1. The molecular weight excluding hydrogens is 635 g/mol. The van der Waals surface area contributed by atoms with E-state index >= 15 is 0 Å². The van der Waals surface area contributed by atoms with Gasteiger partial charge in [0.05, 0.1) is 22.1 Å². The third-order valence-electron chi connectivity index (χ3n) is 10.5. The van der Waals surface area contributed by atoms with E-state index in [0.29, 0.717) is 0 Å². The molecule has 0 atom stereocenters. The monoisotopic (exact) mass is 665 g/mol. The molecule has 0 aliphatic carbocycles. The first-order chi connectivity index (χ1) is 25.8. The van der Waals surface area contributed by atoms with Gasteiger partial charge in [0.15, 0.2) is 0 Å². The standard InChI is InChI=1S/C48H31N3O/c1-6-16-43-37(11-1)38-12-2-7-17-44(38)50(43)34-25-21-32(22-26-34)49(36-29-30-48-42(31-36)41-15-5-10-20-47(41)52-48)33-23-27-35(28-24-33)51-45-18-8-3-13-39(45)40-14-4-9-19-46(40)51/h1-31H. The molecule has 52 heavy (non-hydrogen) atoms. The molecule has 0 radical (unpaired) electrons. The van der Waals surface area contributed by atoms with Gasteiger partial charge in [-0.05, 0) is 97.1 Å². The number of rotatable bonds is 5. The normalized spacial score (nSPS) is 11.8. The minimum absolute atomic E-state index is 0.883. The molecule has 0 aliphatic heterocycles. The van der Waals surface area contributed by atoms with Crippen LogP contribution in [0.5, 0.6) is 0 Å². The van der Waals surface area contributed by atoms with E-state index < -0.39 is 0 Å². The van der Waals surface area contributed by atoms with E-state index in [2.05, 4.69) is 190 Å². The lowest BCUT2D eigenvalue weighted by Gasteiger charge is -2.26. The van der Waals surface area contributed by atoms with Crippen LogP contribution in [0.2, 0.25) is 0 Å². The fraction of sp³-hybridized carbons (Fsp3) is 0. The van der Waals surface area contributed by atoms with Crippen LogP contribution >= 0.6 is 0 Å². The maximum Gasteiger partial charge on any atom is 0.135 e. The van der Waals surface area contributed by atoms with Gasteiger partial charge >= 0.3 is 0 Å². The average Bonchev–Trinajstić information content (AvgIpc) is 3.86. The van der Waals surface area contributed by atoms with Crippen molar-refractivity contribution in [1.29, 1.82) is 0 Å². The highest BCUT2D eigenvalue weighted by Crippen LogP contribution is 2.41. The smallest absolute Gasteiger partial charge is 0.135 e. The molecule has 244 valence electrons. The van der Waals surface area contributed by atoms with Crippen molar-refractivity contribution in [2.45, 2.75) is 0 Å². The second kappa shape index (κ2) is 11.2. The number of para-hydroxylation sites is 5. The minimum Gasteiger partial charge on any atom is -0.456 e. The fourth-order valence-corrected chi connectivity index (χ4v) is 8.20. The molecule has 0 aliphatic rings. The Bertz CT molecular complexity index is 2860. The molecule has 0 spiro atoms. The molecule has 4 nitrogen and oxygen atoms in total. The summed E-state index contributed by atoms with van der Waals surface area (Å²) in [6.07, 6.45) is 0. The molecule has 0 saturated carbocycles. The van der Waals surface area contributed by atoms with Crippen LogP contribution in [0.4, 0.5) is 17.1 Å². The number of fused-ring (bicyclic) bond motifs is 9. The zero-order valence-electron chi connectivity index (χ0n) is 28.1. The third kappa shape index (κ3) is 4.28. The molecule has 3 aromatic heterocycles. The maximum atomic E-state index is 6.23. The van der Waals surface area contributed by atoms with Gasteiger partial charge in [0.25, 0.3) is 0 Å². The molecule has 0 fully saturated rings. The van der Waals surface area contributed by atoms with Crippen molar-refractivity contribution in [3.63, 3.8) is 0 Å². The summed E-state index contributed by atoms with van der Waals surface area (Å²) in [5.74, 6) is 0. The Morgan fingerprint density at radius 3 is 1.13 bits per heavy atom. The van der Waals surface area contributed by atoms with Gasteiger partial charge in [0.2, 0.25) is 0 Å². The van der Waals surface area contributed by atoms with Gasteiger partial charge in [-0.3, -0.25) is 0 Å². The minimum atomic E-state index is 0.883. The van der Waals surface area contributed by atoms with Crippen LogP contribution in [0.15, 0.2) is 192 Å². The van der Waals surface area contributed by atoms with Gasteiger partial charge in [-0.15, -0.1) is 0 Å². The van der Waals surface area contributed by atoms with Crippen molar-refractivity contribution in [3.05, 3.63) is 188 Å².